The van der Waals surface area contributed by atoms with Gasteiger partial charge in [0.05, 0.1) is 12.7 Å². The average Bonchev–Trinajstić information content (AvgIpc) is 3.04. The van der Waals surface area contributed by atoms with Gasteiger partial charge in [-0.05, 0) is 32.6 Å². The molecule has 0 bridgehead atoms. The van der Waals surface area contributed by atoms with Gasteiger partial charge in [0, 0.05) is 13.0 Å². The molecule has 3 nitrogen and oxygen atoms in total. The highest BCUT2D eigenvalue weighted by atomic mass is 15.3. The summed E-state index contributed by atoms with van der Waals surface area (Å²) in [4.78, 5) is 6.86. The lowest BCUT2D eigenvalue weighted by molar-refractivity contribution is 0.358. The van der Waals surface area contributed by atoms with E-state index in [0.29, 0.717) is 0 Å². The molecule has 0 spiro atoms. The maximum Gasteiger partial charge on any atom is 0.100 e. The van der Waals surface area contributed by atoms with Gasteiger partial charge in [-0.3, -0.25) is 4.99 Å². The normalized spacial score (nSPS) is 16.1. The Labute approximate surface area is 150 Å². The fraction of sp³-hybridized carbons (Fsp3) is 0.857. The molecule has 1 aliphatic heterocycles. The van der Waals surface area contributed by atoms with Gasteiger partial charge in [0.25, 0.3) is 0 Å². The number of allylic oxidation sites excluding steroid dienone is 2. The second-order valence-corrected chi connectivity index (χ2v) is 7.19. The molecule has 0 aliphatic carbocycles. The molecule has 0 amide bonds. The first-order valence-corrected chi connectivity index (χ1v) is 10.5. The van der Waals surface area contributed by atoms with Crippen molar-refractivity contribution in [3.63, 3.8) is 0 Å². The zero-order chi connectivity index (χ0) is 17.5. The van der Waals surface area contributed by atoms with Crippen LogP contribution < -0.4 is 5.73 Å². The van der Waals surface area contributed by atoms with Crippen LogP contribution in [0.3, 0.4) is 0 Å². The van der Waals surface area contributed by atoms with E-state index in [-0.39, 0.29) is 6.17 Å². The lowest BCUT2D eigenvalue weighted by Crippen LogP contribution is -2.41. The number of hydrogen-bond acceptors (Lipinski definition) is 3. The second kappa shape index (κ2) is 14.5. The molecular formula is C21H41N3. The lowest BCUT2D eigenvalue weighted by atomic mass is 10.0. The Kier molecular flexibility index (Phi) is 12.8. The molecule has 1 heterocycles. The summed E-state index contributed by atoms with van der Waals surface area (Å²) in [5.41, 5.74) is 5.98. The summed E-state index contributed by atoms with van der Waals surface area (Å²) in [6.07, 6.45) is 22.2. The number of hydrogen-bond donors (Lipinski definition) is 1. The van der Waals surface area contributed by atoms with E-state index in [9.17, 15) is 0 Å². The smallest absolute Gasteiger partial charge is 0.100 e. The fourth-order valence-electron chi connectivity index (χ4n) is 3.41. The molecular weight excluding hydrogens is 294 g/mol. The third-order valence-electron chi connectivity index (χ3n) is 4.88. The van der Waals surface area contributed by atoms with Crippen molar-refractivity contribution in [3.05, 3.63) is 12.2 Å². The van der Waals surface area contributed by atoms with Crippen molar-refractivity contribution >= 4 is 5.84 Å². The Morgan fingerprint density at radius 2 is 1.54 bits per heavy atom. The first kappa shape index (κ1) is 21.2. The Morgan fingerprint density at radius 1 is 0.958 bits per heavy atom. The molecule has 1 atom stereocenters. The number of amidine groups is 1. The summed E-state index contributed by atoms with van der Waals surface area (Å²) >= 11 is 0. The first-order chi connectivity index (χ1) is 11.8. The quantitative estimate of drug-likeness (QED) is 0.310. The van der Waals surface area contributed by atoms with E-state index < -0.39 is 0 Å². The van der Waals surface area contributed by atoms with E-state index in [1.807, 2.05) is 0 Å². The van der Waals surface area contributed by atoms with Crippen LogP contribution in [0.25, 0.3) is 0 Å². The predicted octanol–water partition coefficient (Wildman–Crippen LogP) is 5.65. The third kappa shape index (κ3) is 10.1. The largest absolute Gasteiger partial charge is 0.343 e. The molecule has 0 radical (unpaired) electrons. The summed E-state index contributed by atoms with van der Waals surface area (Å²) in [7, 11) is 0. The number of aliphatic imine (C=N–C) groups is 1. The zero-order valence-corrected chi connectivity index (χ0v) is 16.3. The van der Waals surface area contributed by atoms with Gasteiger partial charge < -0.3 is 10.6 Å². The van der Waals surface area contributed by atoms with E-state index in [1.165, 1.54) is 82.9 Å². The van der Waals surface area contributed by atoms with Crippen LogP contribution in [0.2, 0.25) is 0 Å². The highest BCUT2D eigenvalue weighted by molar-refractivity contribution is 5.83. The van der Waals surface area contributed by atoms with Gasteiger partial charge in [-0.1, -0.05) is 70.4 Å². The van der Waals surface area contributed by atoms with Crippen molar-refractivity contribution in [1.82, 2.24) is 4.90 Å². The molecule has 140 valence electrons. The molecule has 1 unspecified atom stereocenters. The summed E-state index contributed by atoms with van der Waals surface area (Å²) in [5, 5.41) is 0. The first-order valence-electron chi connectivity index (χ1n) is 10.5. The van der Waals surface area contributed by atoms with Crippen LogP contribution in [0, 0.1) is 0 Å². The predicted molar refractivity (Wildman–Crippen MR) is 107 cm³/mol. The molecule has 24 heavy (non-hydrogen) atoms. The summed E-state index contributed by atoms with van der Waals surface area (Å²) in [6.45, 7) is 6.21. The van der Waals surface area contributed by atoms with Gasteiger partial charge in [-0.25, -0.2) is 0 Å². The number of rotatable bonds is 15. The molecule has 3 heteroatoms. The summed E-state index contributed by atoms with van der Waals surface area (Å²) < 4.78 is 0. The van der Waals surface area contributed by atoms with E-state index in [2.05, 4.69) is 35.9 Å². The molecule has 0 saturated carbocycles. The Morgan fingerprint density at radius 3 is 2.12 bits per heavy atom. The summed E-state index contributed by atoms with van der Waals surface area (Å²) in [6, 6.07) is 0. The lowest BCUT2D eigenvalue weighted by Gasteiger charge is -2.24. The molecule has 0 aromatic carbocycles. The molecule has 0 saturated heterocycles. The molecule has 0 fully saturated rings. The minimum absolute atomic E-state index is 0.119. The van der Waals surface area contributed by atoms with Gasteiger partial charge in [-0.15, -0.1) is 0 Å². The van der Waals surface area contributed by atoms with Crippen LogP contribution >= 0.6 is 0 Å². The maximum atomic E-state index is 5.98. The average molecular weight is 336 g/mol. The van der Waals surface area contributed by atoms with Gasteiger partial charge in [-0.2, -0.15) is 0 Å². The van der Waals surface area contributed by atoms with Gasteiger partial charge in [0.1, 0.15) is 5.84 Å². The number of nitrogens with two attached hydrogens (primary N) is 1. The van der Waals surface area contributed by atoms with Crippen molar-refractivity contribution in [3.8, 4) is 0 Å². The highest BCUT2D eigenvalue weighted by Gasteiger charge is 2.18. The number of unbranched alkanes of at least 4 members (excludes halogenated alkanes) is 10. The van der Waals surface area contributed by atoms with Crippen LogP contribution in [-0.2, 0) is 0 Å². The van der Waals surface area contributed by atoms with Gasteiger partial charge in [0.2, 0.25) is 0 Å². The molecule has 0 aromatic rings. The van der Waals surface area contributed by atoms with Crippen molar-refractivity contribution in [1.29, 1.82) is 0 Å². The number of nitrogens with zero attached hydrogens (tertiary/aromatic N) is 2. The standard InChI is InChI=1S/C21H41N3/c1-3-4-5-6-7-8-9-10-11-12-13-14-15-16-17-21-23-18-19-24(21)20(2)22/h4-5,20H,3,6-19,22H2,1-2H3/b5-4+. The minimum Gasteiger partial charge on any atom is -0.343 e. The third-order valence-corrected chi connectivity index (χ3v) is 4.88. The van der Waals surface area contributed by atoms with Crippen molar-refractivity contribution in [2.24, 2.45) is 10.7 Å². The highest BCUT2D eigenvalue weighted by Crippen LogP contribution is 2.14. The molecule has 2 N–H and O–H groups in total. The van der Waals surface area contributed by atoms with Crippen LogP contribution in [0.4, 0.5) is 0 Å². The topological polar surface area (TPSA) is 41.6 Å². The van der Waals surface area contributed by atoms with E-state index in [0.717, 1.165) is 19.5 Å². The molecule has 1 aliphatic rings. The van der Waals surface area contributed by atoms with Crippen LogP contribution in [-0.4, -0.2) is 30.0 Å². The molecule has 1 rings (SSSR count). The van der Waals surface area contributed by atoms with Gasteiger partial charge >= 0.3 is 0 Å². The van der Waals surface area contributed by atoms with Crippen LogP contribution in [0.15, 0.2) is 17.1 Å². The second-order valence-electron chi connectivity index (χ2n) is 7.19. The van der Waals surface area contributed by atoms with Crippen LogP contribution in [0.1, 0.15) is 97.3 Å². The van der Waals surface area contributed by atoms with Crippen molar-refractivity contribution in [2.75, 3.05) is 13.1 Å². The Bertz CT molecular complexity index is 347. The monoisotopic (exact) mass is 335 g/mol. The Balaban J connectivity index is 1.82. The minimum atomic E-state index is 0.119. The Hall–Kier alpha value is -0.830. The van der Waals surface area contributed by atoms with Crippen molar-refractivity contribution in [2.45, 2.75) is 103 Å². The SMILES string of the molecule is CC/C=C/CCCCCCCCCCCCC1=NCCN1C(C)N. The van der Waals surface area contributed by atoms with E-state index in [4.69, 9.17) is 5.73 Å². The van der Waals surface area contributed by atoms with Crippen molar-refractivity contribution < 1.29 is 0 Å². The van der Waals surface area contributed by atoms with Gasteiger partial charge in [0.15, 0.2) is 0 Å². The zero-order valence-electron chi connectivity index (χ0n) is 16.3. The van der Waals surface area contributed by atoms with E-state index in [1.54, 1.807) is 0 Å². The maximum absolute atomic E-state index is 5.98. The van der Waals surface area contributed by atoms with E-state index >= 15 is 0 Å². The molecule has 0 aromatic heterocycles. The summed E-state index contributed by atoms with van der Waals surface area (Å²) in [5.74, 6) is 1.25. The fourth-order valence-corrected chi connectivity index (χ4v) is 3.41. The van der Waals surface area contributed by atoms with Crippen LogP contribution in [0.5, 0.6) is 0 Å².